The van der Waals surface area contributed by atoms with E-state index in [1.54, 1.807) is 6.20 Å². The zero-order chi connectivity index (χ0) is 12.4. The Morgan fingerprint density at radius 3 is 2.67 bits per heavy atom. The number of aryl methyl sites for hydroxylation is 1. The van der Waals surface area contributed by atoms with E-state index in [-0.39, 0.29) is 0 Å². The van der Waals surface area contributed by atoms with Crippen molar-refractivity contribution in [3.05, 3.63) is 36.0 Å². The second-order valence-electron chi connectivity index (χ2n) is 4.56. The Bertz CT molecular complexity index is 533. The molecule has 0 spiro atoms. The van der Waals surface area contributed by atoms with Crippen LogP contribution in [0.5, 0.6) is 0 Å². The van der Waals surface area contributed by atoms with Crippen LogP contribution >= 0.6 is 0 Å². The molecule has 1 fully saturated rings. The molecule has 18 heavy (non-hydrogen) atoms. The monoisotopic (exact) mass is 241 g/mol. The maximum absolute atomic E-state index is 4.35. The van der Waals surface area contributed by atoms with E-state index in [1.807, 2.05) is 25.4 Å². The number of rotatable bonds is 4. The van der Waals surface area contributed by atoms with Crippen molar-refractivity contribution in [2.75, 3.05) is 0 Å². The first-order chi connectivity index (χ1) is 8.81. The van der Waals surface area contributed by atoms with Gasteiger partial charge < -0.3 is 5.32 Å². The van der Waals surface area contributed by atoms with Gasteiger partial charge >= 0.3 is 0 Å². The fourth-order valence-electron chi connectivity index (χ4n) is 1.71. The molecule has 0 bridgehead atoms. The molecule has 0 radical (unpaired) electrons. The first kappa shape index (κ1) is 11.2. The van der Waals surface area contributed by atoms with Crippen LogP contribution < -0.4 is 5.32 Å². The van der Waals surface area contributed by atoms with Crippen LogP contribution in [0.3, 0.4) is 0 Å². The van der Waals surface area contributed by atoms with Gasteiger partial charge in [0.2, 0.25) is 0 Å². The second kappa shape index (κ2) is 4.78. The number of hydrogen-bond donors (Lipinski definition) is 1. The van der Waals surface area contributed by atoms with E-state index >= 15 is 0 Å². The lowest BCUT2D eigenvalue weighted by atomic mass is 10.3. The number of hydrogen-bond acceptors (Lipinski definition) is 5. The van der Waals surface area contributed by atoms with Crippen molar-refractivity contribution < 1.29 is 0 Å². The first-order valence-corrected chi connectivity index (χ1v) is 6.15. The van der Waals surface area contributed by atoms with E-state index in [9.17, 15) is 0 Å². The highest BCUT2D eigenvalue weighted by molar-refractivity contribution is 5.47. The Labute approximate surface area is 106 Å². The van der Waals surface area contributed by atoms with Crippen LogP contribution in [0, 0.1) is 6.92 Å². The van der Waals surface area contributed by atoms with Gasteiger partial charge in [0.25, 0.3) is 0 Å². The molecule has 1 aliphatic carbocycles. The maximum atomic E-state index is 4.35. The number of nitrogens with one attached hydrogen (secondary N) is 1. The third-order valence-corrected chi connectivity index (χ3v) is 2.88. The van der Waals surface area contributed by atoms with E-state index in [1.165, 1.54) is 12.8 Å². The SMILES string of the molecule is Cc1nccc(-c2ncc(CNC3CC3)cn2)n1. The number of nitrogens with zero attached hydrogens (tertiary/aromatic N) is 4. The van der Waals surface area contributed by atoms with Crippen molar-refractivity contribution in [3.8, 4) is 11.5 Å². The molecule has 5 nitrogen and oxygen atoms in total. The lowest BCUT2D eigenvalue weighted by Crippen LogP contribution is -2.15. The fourth-order valence-corrected chi connectivity index (χ4v) is 1.71. The van der Waals surface area contributed by atoms with Gasteiger partial charge in [-0.1, -0.05) is 0 Å². The molecular formula is C13H15N5. The summed E-state index contributed by atoms with van der Waals surface area (Å²) in [6.45, 7) is 2.70. The van der Waals surface area contributed by atoms with E-state index in [2.05, 4.69) is 25.3 Å². The van der Waals surface area contributed by atoms with Gasteiger partial charge in [-0.2, -0.15) is 0 Å². The standard InChI is InChI=1S/C13H15N5/c1-9-14-5-4-12(18-9)13-16-7-10(8-17-13)6-15-11-2-3-11/h4-5,7-8,11,15H,2-3,6H2,1H3. The van der Waals surface area contributed by atoms with Crippen molar-refractivity contribution >= 4 is 0 Å². The second-order valence-corrected chi connectivity index (χ2v) is 4.56. The highest BCUT2D eigenvalue weighted by atomic mass is 15.0. The lowest BCUT2D eigenvalue weighted by molar-refractivity contribution is 0.683. The normalized spacial score (nSPS) is 14.7. The molecule has 0 atom stereocenters. The summed E-state index contributed by atoms with van der Waals surface area (Å²) in [7, 11) is 0. The van der Waals surface area contributed by atoms with Crippen molar-refractivity contribution in [1.82, 2.24) is 25.3 Å². The van der Waals surface area contributed by atoms with Gasteiger partial charge in [-0.3, -0.25) is 0 Å². The summed E-state index contributed by atoms with van der Waals surface area (Å²) in [5, 5.41) is 3.44. The average Bonchev–Trinajstić information content (AvgIpc) is 3.21. The smallest absolute Gasteiger partial charge is 0.178 e. The molecule has 0 saturated heterocycles. The lowest BCUT2D eigenvalue weighted by Gasteiger charge is -2.03. The van der Waals surface area contributed by atoms with Crippen LogP contribution in [0.1, 0.15) is 24.2 Å². The summed E-state index contributed by atoms with van der Waals surface area (Å²) in [6, 6.07) is 2.53. The molecule has 1 saturated carbocycles. The van der Waals surface area contributed by atoms with Crippen molar-refractivity contribution in [2.45, 2.75) is 32.4 Å². The summed E-state index contributed by atoms with van der Waals surface area (Å²) >= 11 is 0. The minimum atomic E-state index is 0.649. The molecule has 0 amide bonds. The number of aromatic nitrogens is 4. The van der Waals surface area contributed by atoms with E-state index in [0.29, 0.717) is 11.9 Å². The third-order valence-electron chi connectivity index (χ3n) is 2.88. The molecule has 0 aliphatic heterocycles. The first-order valence-electron chi connectivity index (χ1n) is 6.15. The van der Waals surface area contributed by atoms with Gasteiger partial charge in [0.1, 0.15) is 11.5 Å². The molecule has 5 heteroatoms. The Kier molecular flexibility index (Phi) is 2.98. The van der Waals surface area contributed by atoms with Crippen LogP contribution in [-0.4, -0.2) is 26.0 Å². The van der Waals surface area contributed by atoms with E-state index < -0.39 is 0 Å². The van der Waals surface area contributed by atoms with Gasteiger partial charge in [-0.05, 0) is 25.8 Å². The van der Waals surface area contributed by atoms with Crippen LogP contribution in [-0.2, 0) is 6.54 Å². The van der Waals surface area contributed by atoms with Crippen LogP contribution in [0.25, 0.3) is 11.5 Å². The predicted octanol–water partition coefficient (Wildman–Crippen LogP) is 1.49. The average molecular weight is 241 g/mol. The Morgan fingerprint density at radius 2 is 2.00 bits per heavy atom. The molecule has 2 aromatic rings. The minimum absolute atomic E-state index is 0.649. The molecule has 3 rings (SSSR count). The minimum Gasteiger partial charge on any atom is -0.310 e. The maximum Gasteiger partial charge on any atom is 0.178 e. The van der Waals surface area contributed by atoms with Gasteiger partial charge in [0.15, 0.2) is 5.82 Å². The van der Waals surface area contributed by atoms with Gasteiger partial charge in [-0.15, -0.1) is 0 Å². The summed E-state index contributed by atoms with van der Waals surface area (Å²) in [6.07, 6.45) is 8.02. The van der Waals surface area contributed by atoms with Gasteiger partial charge in [0, 0.05) is 36.7 Å². The summed E-state index contributed by atoms with van der Waals surface area (Å²) in [5.74, 6) is 1.38. The quantitative estimate of drug-likeness (QED) is 0.878. The molecule has 0 unspecified atom stereocenters. The zero-order valence-electron chi connectivity index (χ0n) is 10.3. The summed E-state index contributed by atoms with van der Waals surface area (Å²) in [5.41, 5.74) is 1.88. The highest BCUT2D eigenvalue weighted by Crippen LogP contribution is 2.19. The third kappa shape index (κ3) is 2.68. The fraction of sp³-hybridized carbons (Fsp3) is 0.385. The molecule has 0 aromatic carbocycles. The van der Waals surface area contributed by atoms with Crippen molar-refractivity contribution in [1.29, 1.82) is 0 Å². The molecule has 2 heterocycles. The van der Waals surface area contributed by atoms with E-state index in [4.69, 9.17) is 0 Å². The largest absolute Gasteiger partial charge is 0.310 e. The van der Waals surface area contributed by atoms with Crippen LogP contribution in [0.15, 0.2) is 24.7 Å². The Hall–Kier alpha value is -1.88. The highest BCUT2D eigenvalue weighted by Gasteiger charge is 2.19. The molecule has 1 N–H and O–H groups in total. The molecule has 2 aromatic heterocycles. The summed E-state index contributed by atoms with van der Waals surface area (Å²) in [4.78, 5) is 17.1. The molecule has 92 valence electrons. The summed E-state index contributed by atoms with van der Waals surface area (Å²) < 4.78 is 0. The molecular weight excluding hydrogens is 226 g/mol. The van der Waals surface area contributed by atoms with Crippen molar-refractivity contribution in [3.63, 3.8) is 0 Å². The van der Waals surface area contributed by atoms with Gasteiger partial charge in [-0.25, -0.2) is 19.9 Å². The Balaban J connectivity index is 1.73. The van der Waals surface area contributed by atoms with Crippen LogP contribution in [0.4, 0.5) is 0 Å². The van der Waals surface area contributed by atoms with Gasteiger partial charge in [0.05, 0.1) is 0 Å². The predicted molar refractivity (Wildman–Crippen MR) is 67.7 cm³/mol. The zero-order valence-corrected chi connectivity index (χ0v) is 10.3. The van der Waals surface area contributed by atoms with Crippen LogP contribution in [0.2, 0.25) is 0 Å². The van der Waals surface area contributed by atoms with E-state index in [0.717, 1.165) is 23.6 Å². The topological polar surface area (TPSA) is 63.6 Å². The Morgan fingerprint density at radius 1 is 1.22 bits per heavy atom. The molecule has 1 aliphatic rings. The van der Waals surface area contributed by atoms with Crippen molar-refractivity contribution in [2.24, 2.45) is 0 Å².